The molecule has 2 heterocycles. The van der Waals surface area contributed by atoms with E-state index in [0.717, 1.165) is 34.1 Å². The average molecular weight is 740 g/mol. The summed E-state index contributed by atoms with van der Waals surface area (Å²) in [5.74, 6) is 0. The van der Waals surface area contributed by atoms with Crippen molar-refractivity contribution in [3.05, 3.63) is 247 Å². The lowest BCUT2D eigenvalue weighted by molar-refractivity contribution is 0.748. The monoisotopic (exact) mass is 739 g/mol. The molecular formula is C55H37N3. The first-order valence-electron chi connectivity index (χ1n) is 20.0. The number of para-hydroxylation sites is 5. The fraction of sp³-hybridized carbons (Fsp3) is 0.0182. The van der Waals surface area contributed by atoms with Crippen molar-refractivity contribution in [1.29, 1.82) is 0 Å². The minimum Gasteiger partial charge on any atom is -0.310 e. The maximum Gasteiger partial charge on any atom is 0.0755 e. The molecule has 12 rings (SSSR count). The number of benzene rings is 9. The van der Waals surface area contributed by atoms with Gasteiger partial charge in [0.25, 0.3) is 0 Å². The molecule has 0 fully saturated rings. The fourth-order valence-corrected chi connectivity index (χ4v) is 10.1. The van der Waals surface area contributed by atoms with E-state index in [1.54, 1.807) is 0 Å². The zero-order valence-corrected chi connectivity index (χ0v) is 31.7. The van der Waals surface area contributed by atoms with Crippen molar-refractivity contribution in [3.63, 3.8) is 0 Å². The van der Waals surface area contributed by atoms with E-state index in [0.29, 0.717) is 0 Å². The summed E-state index contributed by atoms with van der Waals surface area (Å²) in [5, 5.41) is 2.43. The number of fused-ring (bicyclic) bond motifs is 12. The Kier molecular flexibility index (Phi) is 7.14. The molecule has 0 bridgehead atoms. The number of aromatic nitrogens is 1. The van der Waals surface area contributed by atoms with Crippen LogP contribution in [0.3, 0.4) is 0 Å². The zero-order chi connectivity index (χ0) is 38.2. The van der Waals surface area contributed by atoms with Crippen molar-refractivity contribution < 1.29 is 0 Å². The van der Waals surface area contributed by atoms with E-state index in [1.165, 1.54) is 60.9 Å². The summed E-state index contributed by atoms with van der Waals surface area (Å²) in [7, 11) is 0. The second-order valence-electron chi connectivity index (χ2n) is 15.3. The second-order valence-corrected chi connectivity index (χ2v) is 15.3. The number of rotatable bonds is 6. The molecule has 0 saturated heterocycles. The number of hydrogen-bond donors (Lipinski definition) is 0. The summed E-state index contributed by atoms with van der Waals surface area (Å²) >= 11 is 0. The third kappa shape index (κ3) is 4.56. The minimum absolute atomic E-state index is 0.551. The summed E-state index contributed by atoms with van der Waals surface area (Å²) < 4.78 is 2.54. The SMILES string of the molecule is c1ccc(N(c2ccccc2)c2ccc3c(c2)c2cc(N(c4ccccc4)c4ccccc4)cc4c2n3-c2ccccc2C42c3ccccc3-c3ccccc32)cc1. The van der Waals surface area contributed by atoms with Crippen molar-refractivity contribution in [3.8, 4) is 16.8 Å². The lowest BCUT2D eigenvalue weighted by Crippen LogP contribution is -2.33. The van der Waals surface area contributed by atoms with Crippen molar-refractivity contribution in [2.75, 3.05) is 9.80 Å². The van der Waals surface area contributed by atoms with E-state index in [2.05, 4.69) is 239 Å². The number of nitrogens with zero attached hydrogens (tertiary/aromatic N) is 3. The van der Waals surface area contributed by atoms with Gasteiger partial charge in [-0.3, -0.25) is 0 Å². The van der Waals surface area contributed by atoms with Gasteiger partial charge >= 0.3 is 0 Å². The molecule has 0 saturated carbocycles. The third-order valence-corrected chi connectivity index (χ3v) is 12.3. The molecule has 10 aromatic rings. The van der Waals surface area contributed by atoms with E-state index in [4.69, 9.17) is 0 Å². The smallest absolute Gasteiger partial charge is 0.0755 e. The largest absolute Gasteiger partial charge is 0.310 e. The molecule has 3 heteroatoms. The van der Waals surface area contributed by atoms with Gasteiger partial charge in [-0.2, -0.15) is 0 Å². The van der Waals surface area contributed by atoms with Crippen LogP contribution in [0.25, 0.3) is 38.6 Å². The minimum atomic E-state index is -0.551. The fourth-order valence-electron chi connectivity index (χ4n) is 10.1. The van der Waals surface area contributed by atoms with Crippen LogP contribution in [0.1, 0.15) is 22.3 Å². The third-order valence-electron chi connectivity index (χ3n) is 12.3. The Labute approximate surface area is 337 Å². The lowest BCUT2D eigenvalue weighted by atomic mass is 9.65. The Hall–Kier alpha value is -7.62. The van der Waals surface area contributed by atoms with Crippen molar-refractivity contribution in [2.24, 2.45) is 0 Å². The van der Waals surface area contributed by atoms with Gasteiger partial charge in [0.2, 0.25) is 0 Å². The summed E-state index contributed by atoms with van der Waals surface area (Å²) in [4.78, 5) is 4.79. The molecule has 272 valence electrons. The van der Waals surface area contributed by atoms with Crippen LogP contribution in [0.2, 0.25) is 0 Å². The first-order valence-corrected chi connectivity index (χ1v) is 20.0. The van der Waals surface area contributed by atoms with E-state index < -0.39 is 5.41 Å². The van der Waals surface area contributed by atoms with E-state index >= 15 is 0 Å². The Balaban J connectivity index is 1.25. The molecule has 3 nitrogen and oxygen atoms in total. The van der Waals surface area contributed by atoms with Crippen molar-refractivity contribution in [2.45, 2.75) is 5.41 Å². The Bertz CT molecular complexity index is 3040. The Morgan fingerprint density at radius 1 is 0.310 bits per heavy atom. The predicted molar refractivity (Wildman–Crippen MR) is 241 cm³/mol. The van der Waals surface area contributed by atoms with Gasteiger partial charge in [0.15, 0.2) is 0 Å². The molecule has 0 amide bonds. The highest BCUT2D eigenvalue weighted by Crippen LogP contribution is 2.62. The van der Waals surface area contributed by atoms with Crippen LogP contribution in [0.4, 0.5) is 34.1 Å². The van der Waals surface area contributed by atoms with Crippen LogP contribution in [0.15, 0.2) is 224 Å². The van der Waals surface area contributed by atoms with Gasteiger partial charge in [-0.15, -0.1) is 0 Å². The van der Waals surface area contributed by atoms with Crippen LogP contribution in [0, 0.1) is 0 Å². The Morgan fingerprint density at radius 3 is 1.28 bits per heavy atom. The predicted octanol–water partition coefficient (Wildman–Crippen LogP) is 14.4. The maximum atomic E-state index is 2.54. The number of hydrogen-bond acceptors (Lipinski definition) is 2. The standard InChI is InChI=1S/C55H37N3/c1-5-19-38(20-6-1)56(39-21-7-2-8-22-39)42-33-34-52-46(35-42)47-36-43(57(40-23-9-3-10-24-40)41-25-11-4-12-26-41)37-51-54(47)58(52)53-32-18-17-31-50(53)55(51)48-29-15-13-27-44(48)45-28-14-16-30-49(45)55/h1-37H. The first kappa shape index (κ1) is 32.6. The normalized spacial score (nSPS) is 13.0. The van der Waals surface area contributed by atoms with E-state index in [9.17, 15) is 0 Å². The summed E-state index contributed by atoms with van der Waals surface area (Å²) in [5.41, 5.74) is 17.6. The van der Waals surface area contributed by atoms with Gasteiger partial charge in [0, 0.05) is 44.9 Å². The molecule has 0 radical (unpaired) electrons. The van der Waals surface area contributed by atoms with Gasteiger partial charge in [-0.05, 0) is 118 Å². The first-order chi connectivity index (χ1) is 28.8. The molecule has 2 aliphatic rings. The van der Waals surface area contributed by atoms with Gasteiger partial charge in [0.1, 0.15) is 0 Å². The molecule has 1 aliphatic heterocycles. The Morgan fingerprint density at radius 2 is 0.741 bits per heavy atom. The van der Waals surface area contributed by atoms with Crippen LogP contribution in [-0.2, 0) is 5.41 Å². The molecule has 0 unspecified atom stereocenters. The van der Waals surface area contributed by atoms with E-state index in [1.807, 2.05) is 0 Å². The second kappa shape index (κ2) is 12.7. The molecule has 1 aromatic heterocycles. The molecule has 9 aromatic carbocycles. The van der Waals surface area contributed by atoms with Crippen LogP contribution in [0.5, 0.6) is 0 Å². The maximum absolute atomic E-state index is 2.54. The van der Waals surface area contributed by atoms with E-state index in [-0.39, 0.29) is 0 Å². The van der Waals surface area contributed by atoms with Gasteiger partial charge in [-0.1, -0.05) is 140 Å². The van der Waals surface area contributed by atoms with Crippen LogP contribution < -0.4 is 9.80 Å². The quantitative estimate of drug-likeness (QED) is 0.168. The molecule has 1 spiro atoms. The number of anilines is 6. The zero-order valence-electron chi connectivity index (χ0n) is 31.7. The van der Waals surface area contributed by atoms with Crippen LogP contribution >= 0.6 is 0 Å². The van der Waals surface area contributed by atoms with Gasteiger partial charge in [0.05, 0.1) is 22.1 Å². The summed E-state index contributed by atoms with van der Waals surface area (Å²) in [6.07, 6.45) is 0. The van der Waals surface area contributed by atoms with Crippen LogP contribution in [-0.4, -0.2) is 4.57 Å². The topological polar surface area (TPSA) is 11.4 Å². The summed E-state index contributed by atoms with van der Waals surface area (Å²) in [6.45, 7) is 0. The van der Waals surface area contributed by atoms with Gasteiger partial charge < -0.3 is 14.4 Å². The van der Waals surface area contributed by atoms with Crippen molar-refractivity contribution in [1.82, 2.24) is 4.57 Å². The molecule has 1 aliphatic carbocycles. The lowest BCUT2D eigenvalue weighted by Gasteiger charge is -2.40. The highest BCUT2D eigenvalue weighted by molar-refractivity contribution is 6.15. The highest BCUT2D eigenvalue weighted by Gasteiger charge is 2.51. The molecule has 58 heavy (non-hydrogen) atoms. The van der Waals surface area contributed by atoms with Gasteiger partial charge in [-0.25, -0.2) is 0 Å². The summed E-state index contributed by atoms with van der Waals surface area (Å²) in [6, 6.07) is 82.2. The average Bonchev–Trinajstić information content (AvgIpc) is 3.78. The molecular weight excluding hydrogens is 703 g/mol. The molecule has 0 N–H and O–H groups in total. The molecule has 0 atom stereocenters. The van der Waals surface area contributed by atoms with Crippen molar-refractivity contribution >= 4 is 55.9 Å². The highest BCUT2D eigenvalue weighted by atomic mass is 15.2.